The van der Waals surface area contributed by atoms with E-state index in [0.717, 1.165) is 10.9 Å². The predicted octanol–water partition coefficient (Wildman–Crippen LogP) is 3.37. The lowest BCUT2D eigenvalue weighted by molar-refractivity contribution is 0.0694. The van der Waals surface area contributed by atoms with E-state index in [1.54, 1.807) is 6.07 Å². The van der Waals surface area contributed by atoms with Crippen LogP contribution < -0.4 is 0 Å². The van der Waals surface area contributed by atoms with Crippen molar-refractivity contribution in [2.24, 2.45) is 0 Å². The molecule has 0 radical (unpaired) electrons. The molecular weight excluding hydrogens is 216 g/mol. The SMILES string of the molecule is CC(C)c1ccc2ccc(C(=O)O)c(O)c2c1. The molecule has 0 heterocycles. The molecule has 0 saturated carbocycles. The van der Waals surface area contributed by atoms with Crippen molar-refractivity contribution in [2.45, 2.75) is 19.8 Å². The Labute approximate surface area is 99.3 Å². The fourth-order valence-electron chi connectivity index (χ4n) is 1.85. The molecule has 0 fully saturated rings. The average molecular weight is 230 g/mol. The molecule has 0 aliphatic rings. The summed E-state index contributed by atoms with van der Waals surface area (Å²) in [6, 6.07) is 8.88. The molecule has 0 unspecified atom stereocenters. The van der Waals surface area contributed by atoms with Crippen LogP contribution in [0.3, 0.4) is 0 Å². The van der Waals surface area contributed by atoms with Crippen LogP contribution in [0.15, 0.2) is 30.3 Å². The zero-order valence-corrected chi connectivity index (χ0v) is 9.77. The highest BCUT2D eigenvalue weighted by Crippen LogP contribution is 2.31. The quantitative estimate of drug-likeness (QED) is 0.831. The number of hydrogen-bond donors (Lipinski definition) is 2. The number of carboxylic acids is 1. The molecule has 0 aliphatic carbocycles. The summed E-state index contributed by atoms with van der Waals surface area (Å²) < 4.78 is 0. The predicted molar refractivity (Wildman–Crippen MR) is 66.7 cm³/mol. The first-order valence-electron chi connectivity index (χ1n) is 5.49. The van der Waals surface area contributed by atoms with Crippen molar-refractivity contribution in [3.05, 3.63) is 41.5 Å². The smallest absolute Gasteiger partial charge is 0.339 e. The molecule has 3 nitrogen and oxygen atoms in total. The van der Waals surface area contributed by atoms with Crippen LogP contribution >= 0.6 is 0 Å². The van der Waals surface area contributed by atoms with Gasteiger partial charge in [0.15, 0.2) is 0 Å². The lowest BCUT2D eigenvalue weighted by Crippen LogP contribution is -1.97. The van der Waals surface area contributed by atoms with E-state index in [9.17, 15) is 9.90 Å². The normalized spacial score (nSPS) is 11.0. The van der Waals surface area contributed by atoms with Crippen molar-refractivity contribution >= 4 is 16.7 Å². The van der Waals surface area contributed by atoms with Gasteiger partial charge in [-0.3, -0.25) is 0 Å². The second-order valence-corrected chi connectivity index (χ2v) is 4.40. The van der Waals surface area contributed by atoms with Gasteiger partial charge < -0.3 is 10.2 Å². The summed E-state index contributed by atoms with van der Waals surface area (Å²) in [7, 11) is 0. The van der Waals surface area contributed by atoms with Gasteiger partial charge in [-0.15, -0.1) is 0 Å². The van der Waals surface area contributed by atoms with Crippen LogP contribution in [0.4, 0.5) is 0 Å². The van der Waals surface area contributed by atoms with Gasteiger partial charge in [0.05, 0.1) is 0 Å². The van der Waals surface area contributed by atoms with Crippen LogP contribution in [0.1, 0.15) is 35.7 Å². The van der Waals surface area contributed by atoms with Crippen molar-refractivity contribution in [3.8, 4) is 5.75 Å². The van der Waals surface area contributed by atoms with Gasteiger partial charge in [0.1, 0.15) is 11.3 Å². The van der Waals surface area contributed by atoms with E-state index in [-0.39, 0.29) is 11.3 Å². The topological polar surface area (TPSA) is 57.5 Å². The van der Waals surface area contributed by atoms with Crippen LogP contribution in [0.25, 0.3) is 10.8 Å². The number of rotatable bonds is 2. The highest BCUT2D eigenvalue weighted by molar-refractivity contribution is 6.00. The fourth-order valence-corrected chi connectivity index (χ4v) is 1.85. The lowest BCUT2D eigenvalue weighted by Gasteiger charge is -2.09. The third kappa shape index (κ3) is 1.96. The van der Waals surface area contributed by atoms with E-state index in [1.807, 2.05) is 18.2 Å². The summed E-state index contributed by atoms with van der Waals surface area (Å²) >= 11 is 0. The number of phenols is 1. The lowest BCUT2D eigenvalue weighted by atomic mass is 9.97. The molecular formula is C14H14O3. The molecule has 88 valence electrons. The van der Waals surface area contributed by atoms with Gasteiger partial charge in [-0.2, -0.15) is 0 Å². The van der Waals surface area contributed by atoms with Crippen molar-refractivity contribution in [1.29, 1.82) is 0 Å². The Morgan fingerprint density at radius 1 is 1.18 bits per heavy atom. The van der Waals surface area contributed by atoms with E-state index in [0.29, 0.717) is 11.3 Å². The summed E-state index contributed by atoms with van der Waals surface area (Å²) in [4.78, 5) is 10.9. The number of benzene rings is 2. The maximum absolute atomic E-state index is 10.9. The third-order valence-corrected chi connectivity index (χ3v) is 2.91. The van der Waals surface area contributed by atoms with Gasteiger partial charge in [-0.05, 0) is 29.0 Å². The molecule has 0 amide bonds. The van der Waals surface area contributed by atoms with Crippen LogP contribution in [-0.2, 0) is 0 Å². The van der Waals surface area contributed by atoms with Gasteiger partial charge in [-0.1, -0.05) is 32.0 Å². The van der Waals surface area contributed by atoms with Crippen molar-refractivity contribution in [3.63, 3.8) is 0 Å². The fraction of sp³-hybridized carbons (Fsp3) is 0.214. The number of aromatic carboxylic acids is 1. The monoisotopic (exact) mass is 230 g/mol. The van der Waals surface area contributed by atoms with Gasteiger partial charge in [-0.25, -0.2) is 4.79 Å². The summed E-state index contributed by atoms with van der Waals surface area (Å²) in [5.41, 5.74) is 1.02. The first-order valence-corrected chi connectivity index (χ1v) is 5.49. The average Bonchev–Trinajstić information content (AvgIpc) is 2.28. The molecule has 2 N–H and O–H groups in total. The largest absolute Gasteiger partial charge is 0.506 e. The molecule has 2 rings (SSSR count). The molecule has 3 heteroatoms. The van der Waals surface area contributed by atoms with Gasteiger partial charge in [0.2, 0.25) is 0 Å². The number of hydrogen-bond acceptors (Lipinski definition) is 2. The molecule has 17 heavy (non-hydrogen) atoms. The maximum atomic E-state index is 10.9. The molecule has 2 aromatic rings. The van der Waals surface area contributed by atoms with Crippen LogP contribution in [-0.4, -0.2) is 16.2 Å². The Morgan fingerprint density at radius 3 is 2.41 bits per heavy atom. The van der Waals surface area contributed by atoms with Gasteiger partial charge in [0, 0.05) is 5.39 Å². The minimum atomic E-state index is -1.11. The first kappa shape index (κ1) is 11.5. The van der Waals surface area contributed by atoms with E-state index >= 15 is 0 Å². The zero-order valence-electron chi connectivity index (χ0n) is 9.77. The van der Waals surface area contributed by atoms with Gasteiger partial charge in [0.25, 0.3) is 0 Å². The minimum absolute atomic E-state index is 0.0570. The highest BCUT2D eigenvalue weighted by Gasteiger charge is 2.13. The Balaban J connectivity index is 2.73. The standard InChI is InChI=1S/C14H14O3/c1-8(2)10-4-3-9-5-6-11(14(16)17)13(15)12(9)7-10/h3-8,15H,1-2H3,(H,16,17). The molecule has 0 atom stereocenters. The number of fused-ring (bicyclic) bond motifs is 1. The van der Waals surface area contributed by atoms with E-state index in [4.69, 9.17) is 5.11 Å². The van der Waals surface area contributed by atoms with E-state index in [2.05, 4.69) is 13.8 Å². The Morgan fingerprint density at radius 2 is 1.82 bits per heavy atom. The summed E-state index contributed by atoms with van der Waals surface area (Å²) in [5.74, 6) is -0.927. The van der Waals surface area contributed by atoms with Gasteiger partial charge >= 0.3 is 5.97 Å². The summed E-state index contributed by atoms with van der Waals surface area (Å²) in [6.07, 6.45) is 0. The van der Waals surface area contributed by atoms with Crippen molar-refractivity contribution in [2.75, 3.05) is 0 Å². The Bertz CT molecular complexity index is 585. The summed E-state index contributed by atoms with van der Waals surface area (Å²) in [6.45, 7) is 4.11. The first-order chi connectivity index (χ1) is 8.00. The third-order valence-electron chi connectivity index (χ3n) is 2.91. The molecule has 0 aromatic heterocycles. The summed E-state index contributed by atoms with van der Waals surface area (Å²) in [5, 5.41) is 20.3. The number of carboxylic acid groups (broad SMARTS) is 1. The minimum Gasteiger partial charge on any atom is -0.506 e. The second-order valence-electron chi connectivity index (χ2n) is 4.40. The number of aromatic hydroxyl groups is 1. The molecule has 2 aromatic carbocycles. The van der Waals surface area contributed by atoms with E-state index in [1.165, 1.54) is 6.07 Å². The molecule has 0 aliphatic heterocycles. The van der Waals surface area contributed by atoms with Crippen molar-refractivity contribution in [1.82, 2.24) is 0 Å². The second kappa shape index (κ2) is 4.09. The Kier molecular flexibility index (Phi) is 2.76. The highest BCUT2D eigenvalue weighted by atomic mass is 16.4. The molecule has 0 saturated heterocycles. The van der Waals surface area contributed by atoms with Crippen molar-refractivity contribution < 1.29 is 15.0 Å². The Hall–Kier alpha value is -2.03. The molecule has 0 spiro atoms. The van der Waals surface area contributed by atoms with Crippen LogP contribution in [0.2, 0.25) is 0 Å². The van der Waals surface area contributed by atoms with Crippen LogP contribution in [0.5, 0.6) is 5.75 Å². The van der Waals surface area contributed by atoms with Crippen LogP contribution in [0, 0.1) is 0 Å². The molecule has 0 bridgehead atoms. The zero-order chi connectivity index (χ0) is 12.6. The number of carbonyl (C=O) groups is 1. The maximum Gasteiger partial charge on any atom is 0.339 e. The van der Waals surface area contributed by atoms with E-state index < -0.39 is 5.97 Å².